The van der Waals surface area contributed by atoms with E-state index < -0.39 is 5.54 Å². The van der Waals surface area contributed by atoms with Gasteiger partial charge in [0.15, 0.2) is 0 Å². The highest BCUT2D eigenvalue weighted by molar-refractivity contribution is 5.79. The largest absolute Gasteiger partial charge is 0.369 e. The van der Waals surface area contributed by atoms with Crippen LogP contribution in [0.3, 0.4) is 0 Å². The van der Waals surface area contributed by atoms with E-state index in [-0.39, 0.29) is 17.4 Å². The summed E-state index contributed by atoms with van der Waals surface area (Å²) >= 11 is 0. The molecule has 1 aliphatic rings. The van der Waals surface area contributed by atoms with E-state index in [9.17, 15) is 9.59 Å². The van der Waals surface area contributed by atoms with Crippen molar-refractivity contribution in [2.45, 2.75) is 25.3 Å². The summed E-state index contributed by atoms with van der Waals surface area (Å²) in [5.74, 6) is -0.469. The highest BCUT2D eigenvalue weighted by atomic mass is 16.1. The number of fused-ring (bicyclic) bond motifs is 1. The molecular weight excluding hydrogens is 278 g/mol. The Hall–Kier alpha value is -2.14. The number of nitrogens with one attached hydrogen (secondary N) is 1. The van der Waals surface area contributed by atoms with Crippen molar-refractivity contribution < 1.29 is 4.79 Å². The predicted molar refractivity (Wildman–Crippen MR) is 86.5 cm³/mol. The maximum absolute atomic E-state index is 12.6. The summed E-state index contributed by atoms with van der Waals surface area (Å²) in [5, 5.41) is 0.993. The van der Waals surface area contributed by atoms with Crippen molar-refractivity contribution in [3.05, 3.63) is 46.2 Å². The zero-order valence-electron chi connectivity index (χ0n) is 12.9. The van der Waals surface area contributed by atoms with E-state index in [4.69, 9.17) is 5.73 Å². The highest BCUT2D eigenvalue weighted by Gasteiger charge is 2.41. The molecule has 3 N–H and O–H groups in total. The lowest BCUT2D eigenvalue weighted by Crippen LogP contribution is -2.52. The van der Waals surface area contributed by atoms with Crippen LogP contribution in [0.5, 0.6) is 0 Å². The van der Waals surface area contributed by atoms with Crippen LogP contribution in [0.1, 0.15) is 25.3 Å². The maximum atomic E-state index is 12.6. The van der Waals surface area contributed by atoms with E-state index in [1.165, 1.54) is 0 Å². The van der Waals surface area contributed by atoms with Crippen LogP contribution < -0.4 is 11.3 Å². The Morgan fingerprint density at radius 3 is 2.86 bits per heavy atom. The molecule has 1 aliphatic heterocycles. The van der Waals surface area contributed by atoms with Gasteiger partial charge in [-0.2, -0.15) is 0 Å². The Bertz CT molecular complexity index is 783. The van der Waals surface area contributed by atoms with Gasteiger partial charge in [-0.05, 0) is 50.9 Å². The van der Waals surface area contributed by atoms with Crippen LogP contribution in [0.15, 0.2) is 35.1 Å². The van der Waals surface area contributed by atoms with Crippen LogP contribution in [0.25, 0.3) is 10.9 Å². The van der Waals surface area contributed by atoms with E-state index >= 15 is 0 Å². The van der Waals surface area contributed by atoms with Gasteiger partial charge in [-0.15, -0.1) is 0 Å². The Morgan fingerprint density at radius 2 is 2.14 bits per heavy atom. The number of likely N-dealkylation sites (tertiary alicyclic amines) is 1. The van der Waals surface area contributed by atoms with Gasteiger partial charge in [-0.3, -0.25) is 14.5 Å². The lowest BCUT2D eigenvalue weighted by molar-refractivity contribution is -0.125. The van der Waals surface area contributed by atoms with Crippen molar-refractivity contribution in [1.29, 1.82) is 0 Å². The highest BCUT2D eigenvalue weighted by Crippen LogP contribution is 2.38. The van der Waals surface area contributed by atoms with Gasteiger partial charge in [0.1, 0.15) is 0 Å². The number of aromatic nitrogens is 1. The van der Waals surface area contributed by atoms with Crippen molar-refractivity contribution in [2.24, 2.45) is 11.7 Å². The topological polar surface area (TPSA) is 79.2 Å². The summed E-state index contributed by atoms with van der Waals surface area (Å²) in [7, 11) is 1.99. The molecule has 0 bridgehead atoms. The number of piperidine rings is 1. The second-order valence-electron chi connectivity index (χ2n) is 6.39. The number of carbonyl (C=O) groups excluding carboxylic acids is 1. The van der Waals surface area contributed by atoms with Crippen molar-refractivity contribution in [3.8, 4) is 0 Å². The van der Waals surface area contributed by atoms with Crippen molar-refractivity contribution in [1.82, 2.24) is 9.88 Å². The molecule has 1 aromatic heterocycles. The molecule has 0 saturated carbocycles. The van der Waals surface area contributed by atoms with Gasteiger partial charge < -0.3 is 10.7 Å². The molecule has 1 fully saturated rings. The van der Waals surface area contributed by atoms with Gasteiger partial charge in [0.2, 0.25) is 5.91 Å². The zero-order valence-corrected chi connectivity index (χ0v) is 12.9. The van der Waals surface area contributed by atoms with E-state index in [0.29, 0.717) is 12.0 Å². The van der Waals surface area contributed by atoms with Crippen LogP contribution >= 0.6 is 0 Å². The van der Waals surface area contributed by atoms with Gasteiger partial charge in [-0.25, -0.2) is 0 Å². The Kier molecular flexibility index (Phi) is 3.53. The molecular formula is C17H21N3O2. The molecule has 2 aromatic rings. The third-order valence-electron chi connectivity index (χ3n) is 5.04. The fourth-order valence-corrected chi connectivity index (χ4v) is 3.44. The minimum absolute atomic E-state index is 0.0989. The van der Waals surface area contributed by atoms with Crippen LogP contribution in [0, 0.1) is 5.92 Å². The first-order valence-electron chi connectivity index (χ1n) is 7.55. The Balaban J connectivity index is 2.13. The fourth-order valence-electron chi connectivity index (χ4n) is 3.44. The number of carbonyl (C=O) groups is 1. The molecule has 2 unspecified atom stereocenters. The summed E-state index contributed by atoms with van der Waals surface area (Å²) in [6.45, 7) is 2.76. The third-order valence-corrected chi connectivity index (χ3v) is 5.04. The second-order valence-corrected chi connectivity index (χ2v) is 6.39. The van der Waals surface area contributed by atoms with Crippen LogP contribution in [0.2, 0.25) is 0 Å². The van der Waals surface area contributed by atoms with Gasteiger partial charge in [0, 0.05) is 22.5 Å². The lowest BCUT2D eigenvalue weighted by Gasteiger charge is -2.45. The summed E-state index contributed by atoms with van der Waals surface area (Å²) in [6, 6.07) is 9.65. The fraction of sp³-hybridized carbons (Fsp3) is 0.412. The number of hydrogen-bond donors (Lipinski definition) is 2. The summed E-state index contributed by atoms with van der Waals surface area (Å²) < 4.78 is 0. The van der Waals surface area contributed by atoms with Gasteiger partial charge >= 0.3 is 0 Å². The molecule has 116 valence electrons. The third kappa shape index (κ3) is 2.31. The molecule has 2 heterocycles. The Morgan fingerprint density at radius 1 is 1.41 bits per heavy atom. The Labute approximate surface area is 129 Å². The van der Waals surface area contributed by atoms with E-state index in [0.717, 1.165) is 23.9 Å². The normalized spacial score (nSPS) is 26.2. The molecule has 1 aromatic carbocycles. The number of nitrogens with zero attached hydrogens (tertiary/aromatic N) is 1. The van der Waals surface area contributed by atoms with Crippen LogP contribution in [-0.4, -0.2) is 29.4 Å². The number of hydrogen-bond acceptors (Lipinski definition) is 3. The summed E-state index contributed by atoms with van der Waals surface area (Å²) in [5.41, 5.74) is 6.43. The number of nitrogens with two attached hydrogens (primary N) is 1. The van der Waals surface area contributed by atoms with Gasteiger partial charge in [0.05, 0.1) is 0 Å². The van der Waals surface area contributed by atoms with E-state index in [1.54, 1.807) is 0 Å². The van der Waals surface area contributed by atoms with Crippen LogP contribution in [0.4, 0.5) is 0 Å². The van der Waals surface area contributed by atoms with Crippen molar-refractivity contribution in [2.75, 3.05) is 13.6 Å². The predicted octanol–water partition coefficient (Wildman–Crippen LogP) is 1.57. The number of H-pyrrole nitrogens is 1. The standard InChI is InChI=1S/C17H21N3O2/c1-17(10-12(15(18)21)7-8-20(17)2)13-9-11-5-3-4-6-14(11)19-16(13)22/h3-6,9,12H,7-8,10H2,1-2H3,(H2,18,21)(H,19,22). The van der Waals surface area contributed by atoms with Crippen molar-refractivity contribution >= 4 is 16.8 Å². The van der Waals surface area contributed by atoms with Crippen LogP contribution in [-0.2, 0) is 10.3 Å². The van der Waals surface area contributed by atoms with E-state index in [2.05, 4.69) is 9.88 Å². The molecule has 5 nitrogen and oxygen atoms in total. The molecule has 0 spiro atoms. The molecule has 2 atom stereocenters. The molecule has 22 heavy (non-hydrogen) atoms. The quantitative estimate of drug-likeness (QED) is 0.883. The molecule has 1 amide bonds. The number of para-hydroxylation sites is 1. The monoisotopic (exact) mass is 299 g/mol. The maximum Gasteiger partial charge on any atom is 0.253 e. The SMILES string of the molecule is CN1CCC(C(N)=O)CC1(C)c1cc2ccccc2[nH]c1=O. The molecule has 0 aliphatic carbocycles. The molecule has 0 radical (unpaired) electrons. The molecule has 5 heteroatoms. The first kappa shape index (κ1) is 14.8. The number of primary amides is 1. The van der Waals surface area contributed by atoms with Gasteiger partial charge in [0.25, 0.3) is 5.56 Å². The molecule has 3 rings (SSSR count). The lowest BCUT2D eigenvalue weighted by atomic mass is 9.77. The average Bonchev–Trinajstić information content (AvgIpc) is 2.49. The number of amides is 1. The van der Waals surface area contributed by atoms with E-state index in [1.807, 2.05) is 44.3 Å². The number of benzene rings is 1. The number of pyridine rings is 1. The van der Waals surface area contributed by atoms with Crippen molar-refractivity contribution in [3.63, 3.8) is 0 Å². The summed E-state index contributed by atoms with van der Waals surface area (Å²) in [4.78, 5) is 29.2. The smallest absolute Gasteiger partial charge is 0.253 e. The minimum Gasteiger partial charge on any atom is -0.369 e. The first-order chi connectivity index (χ1) is 10.4. The minimum atomic E-state index is -0.491. The number of aromatic amines is 1. The first-order valence-corrected chi connectivity index (χ1v) is 7.55. The zero-order chi connectivity index (χ0) is 15.9. The molecule has 1 saturated heterocycles. The second kappa shape index (κ2) is 5.25. The summed E-state index contributed by atoms with van der Waals surface area (Å²) in [6.07, 6.45) is 1.31. The van der Waals surface area contributed by atoms with Gasteiger partial charge in [-0.1, -0.05) is 18.2 Å². The average molecular weight is 299 g/mol. The number of rotatable bonds is 2.